The lowest BCUT2D eigenvalue weighted by atomic mass is 9.90. The van der Waals surface area contributed by atoms with E-state index in [9.17, 15) is 4.79 Å². The summed E-state index contributed by atoms with van der Waals surface area (Å²) in [7, 11) is 0. The van der Waals surface area contributed by atoms with E-state index in [1.54, 1.807) is 11.3 Å². The zero-order valence-electron chi connectivity index (χ0n) is 18.2. The number of rotatable bonds is 8. The number of thioether (sulfide) groups is 1. The molecule has 10 heteroatoms. The summed E-state index contributed by atoms with van der Waals surface area (Å²) in [6.45, 7) is 7.20. The molecule has 0 radical (unpaired) electrons. The van der Waals surface area contributed by atoms with Crippen molar-refractivity contribution in [3.05, 3.63) is 20.8 Å². The Balaban J connectivity index is 1.39. The second kappa shape index (κ2) is 10.2. The van der Waals surface area contributed by atoms with Crippen LogP contribution in [0.4, 0.5) is 5.13 Å². The molecule has 4 rings (SSSR count). The van der Waals surface area contributed by atoms with Gasteiger partial charge < -0.3 is 4.57 Å². The molecule has 3 aromatic rings. The van der Waals surface area contributed by atoms with Gasteiger partial charge in [-0.2, -0.15) is 0 Å². The normalized spacial score (nSPS) is 14.8. The molecule has 1 saturated carbocycles. The van der Waals surface area contributed by atoms with Gasteiger partial charge in [0, 0.05) is 28.3 Å². The van der Waals surface area contributed by atoms with Crippen molar-refractivity contribution in [1.82, 2.24) is 25.0 Å². The molecule has 1 aliphatic carbocycles. The Hall–Kier alpha value is -1.78. The van der Waals surface area contributed by atoms with E-state index < -0.39 is 0 Å². The van der Waals surface area contributed by atoms with Crippen molar-refractivity contribution in [1.29, 1.82) is 0 Å². The van der Waals surface area contributed by atoms with E-state index in [0.29, 0.717) is 11.0 Å². The fraction of sp³-hybridized carbons (Fsp3) is 0.571. The van der Waals surface area contributed by atoms with E-state index in [0.717, 1.165) is 34.5 Å². The van der Waals surface area contributed by atoms with Gasteiger partial charge in [-0.05, 0) is 38.7 Å². The van der Waals surface area contributed by atoms with Crippen LogP contribution in [0, 0.1) is 13.8 Å². The van der Waals surface area contributed by atoms with Crippen LogP contribution in [-0.4, -0.2) is 36.6 Å². The second-order valence-electron chi connectivity index (χ2n) is 7.91. The van der Waals surface area contributed by atoms with Gasteiger partial charge in [0.15, 0.2) is 11.0 Å². The summed E-state index contributed by atoms with van der Waals surface area (Å²) >= 11 is 4.65. The predicted molar refractivity (Wildman–Crippen MR) is 128 cm³/mol. The number of thiophene rings is 1. The van der Waals surface area contributed by atoms with Crippen LogP contribution < -0.4 is 5.32 Å². The van der Waals surface area contributed by atoms with Crippen LogP contribution in [0.2, 0.25) is 0 Å². The SMILES string of the molecule is CCCn1c(SCC(=O)Nc2nnc(C3CCCCC3)s2)nnc1-c1csc(C)c1C. The van der Waals surface area contributed by atoms with Crippen molar-refractivity contribution >= 4 is 45.5 Å². The number of hydrogen-bond acceptors (Lipinski definition) is 8. The Kier molecular flexibility index (Phi) is 7.39. The average Bonchev–Trinajstić information content (AvgIpc) is 3.48. The molecule has 0 aliphatic heterocycles. The van der Waals surface area contributed by atoms with E-state index in [2.05, 4.69) is 56.4 Å². The minimum Gasteiger partial charge on any atom is -0.302 e. The maximum atomic E-state index is 12.5. The molecule has 0 unspecified atom stereocenters. The number of carbonyl (C=O) groups excluding carboxylic acids is 1. The van der Waals surface area contributed by atoms with Gasteiger partial charge in [-0.25, -0.2) is 0 Å². The van der Waals surface area contributed by atoms with Crippen molar-refractivity contribution in [2.45, 2.75) is 76.9 Å². The zero-order chi connectivity index (χ0) is 21.8. The first-order valence-electron chi connectivity index (χ1n) is 10.8. The number of anilines is 1. The molecule has 7 nitrogen and oxygen atoms in total. The average molecular weight is 477 g/mol. The van der Waals surface area contributed by atoms with Gasteiger partial charge in [-0.3, -0.25) is 10.1 Å². The minimum absolute atomic E-state index is 0.0912. The molecule has 1 amide bonds. The fourth-order valence-electron chi connectivity index (χ4n) is 3.84. The summed E-state index contributed by atoms with van der Waals surface area (Å²) in [5, 5.41) is 24.8. The van der Waals surface area contributed by atoms with Gasteiger partial charge in [-0.1, -0.05) is 49.3 Å². The lowest BCUT2D eigenvalue weighted by Crippen LogP contribution is -2.14. The highest BCUT2D eigenvalue weighted by atomic mass is 32.2. The van der Waals surface area contributed by atoms with Gasteiger partial charge in [0.05, 0.1) is 5.75 Å². The summed E-state index contributed by atoms with van der Waals surface area (Å²) in [5.41, 5.74) is 2.37. The highest BCUT2D eigenvalue weighted by Gasteiger charge is 2.21. The third-order valence-corrected chi connectivity index (χ3v) is 8.65. The smallest absolute Gasteiger partial charge is 0.236 e. The summed E-state index contributed by atoms with van der Waals surface area (Å²) in [6.07, 6.45) is 7.16. The van der Waals surface area contributed by atoms with Gasteiger partial charge in [0.2, 0.25) is 11.0 Å². The highest BCUT2D eigenvalue weighted by Crippen LogP contribution is 2.35. The third-order valence-electron chi connectivity index (χ3n) is 5.66. The predicted octanol–water partition coefficient (Wildman–Crippen LogP) is 5.66. The first kappa shape index (κ1) is 22.4. The number of hydrogen-bond donors (Lipinski definition) is 1. The maximum Gasteiger partial charge on any atom is 0.236 e. The quantitative estimate of drug-likeness (QED) is 0.422. The number of aryl methyl sites for hydroxylation is 1. The van der Waals surface area contributed by atoms with Crippen LogP contribution in [0.15, 0.2) is 10.5 Å². The largest absolute Gasteiger partial charge is 0.302 e. The first-order valence-corrected chi connectivity index (χ1v) is 13.5. The van der Waals surface area contributed by atoms with Crippen molar-refractivity contribution in [2.75, 3.05) is 11.1 Å². The maximum absolute atomic E-state index is 12.5. The molecule has 166 valence electrons. The van der Waals surface area contributed by atoms with Crippen LogP contribution in [0.25, 0.3) is 11.4 Å². The Morgan fingerprint density at radius 2 is 2.00 bits per heavy atom. The van der Waals surface area contributed by atoms with Crippen molar-refractivity contribution < 1.29 is 4.79 Å². The van der Waals surface area contributed by atoms with Crippen LogP contribution in [0.1, 0.15) is 66.8 Å². The van der Waals surface area contributed by atoms with E-state index in [-0.39, 0.29) is 11.7 Å². The Labute approximate surface area is 195 Å². The molecule has 0 spiro atoms. The molecule has 0 saturated heterocycles. The van der Waals surface area contributed by atoms with E-state index in [1.165, 1.54) is 65.6 Å². The molecule has 1 aliphatic rings. The van der Waals surface area contributed by atoms with Gasteiger partial charge >= 0.3 is 0 Å². The molecule has 0 atom stereocenters. The molecule has 1 fully saturated rings. The number of nitrogens with one attached hydrogen (secondary N) is 1. The monoisotopic (exact) mass is 476 g/mol. The Morgan fingerprint density at radius 1 is 1.19 bits per heavy atom. The van der Waals surface area contributed by atoms with E-state index in [1.807, 2.05) is 0 Å². The summed E-state index contributed by atoms with van der Waals surface area (Å²) < 4.78 is 2.12. The highest BCUT2D eigenvalue weighted by molar-refractivity contribution is 7.99. The van der Waals surface area contributed by atoms with Crippen LogP contribution in [-0.2, 0) is 11.3 Å². The molecule has 3 aromatic heterocycles. The Morgan fingerprint density at radius 3 is 2.71 bits per heavy atom. The number of amides is 1. The molecule has 1 N–H and O–H groups in total. The minimum atomic E-state index is -0.0912. The molecule has 31 heavy (non-hydrogen) atoms. The number of nitrogens with zero attached hydrogens (tertiary/aromatic N) is 5. The van der Waals surface area contributed by atoms with Crippen LogP contribution in [0.3, 0.4) is 0 Å². The van der Waals surface area contributed by atoms with Gasteiger partial charge in [0.25, 0.3) is 0 Å². The third kappa shape index (κ3) is 5.18. The van der Waals surface area contributed by atoms with E-state index >= 15 is 0 Å². The molecule has 0 bridgehead atoms. The molecule has 0 aromatic carbocycles. The van der Waals surface area contributed by atoms with Gasteiger partial charge in [0.1, 0.15) is 5.01 Å². The van der Waals surface area contributed by atoms with Crippen molar-refractivity contribution in [3.63, 3.8) is 0 Å². The fourth-order valence-corrected chi connectivity index (χ4v) is 6.40. The van der Waals surface area contributed by atoms with Crippen molar-refractivity contribution in [3.8, 4) is 11.4 Å². The van der Waals surface area contributed by atoms with Gasteiger partial charge in [-0.15, -0.1) is 31.7 Å². The lowest BCUT2D eigenvalue weighted by molar-refractivity contribution is -0.113. The number of aromatic nitrogens is 5. The second-order valence-corrected chi connectivity index (χ2v) is 10.9. The summed E-state index contributed by atoms with van der Waals surface area (Å²) in [4.78, 5) is 13.8. The summed E-state index contributed by atoms with van der Waals surface area (Å²) in [6, 6.07) is 0. The van der Waals surface area contributed by atoms with Crippen LogP contribution >= 0.6 is 34.4 Å². The summed E-state index contributed by atoms with van der Waals surface area (Å²) in [5.74, 6) is 1.56. The van der Waals surface area contributed by atoms with Crippen LogP contribution in [0.5, 0.6) is 0 Å². The van der Waals surface area contributed by atoms with E-state index in [4.69, 9.17) is 0 Å². The Bertz CT molecular complexity index is 1030. The zero-order valence-corrected chi connectivity index (χ0v) is 20.6. The standard InChI is InChI=1S/C21H28N6OS3/c1-4-10-27-18(16-11-29-14(3)13(16)2)23-26-21(27)30-12-17(28)22-20-25-24-19(31-20)15-8-6-5-7-9-15/h11,15H,4-10,12H2,1-3H3,(H,22,25,28). The molecular formula is C21H28N6OS3. The van der Waals surface area contributed by atoms with Crippen molar-refractivity contribution in [2.24, 2.45) is 0 Å². The lowest BCUT2D eigenvalue weighted by Gasteiger charge is -2.18. The first-order chi connectivity index (χ1) is 15.1. The molecular weight excluding hydrogens is 448 g/mol. The topological polar surface area (TPSA) is 85.6 Å². The molecule has 3 heterocycles. The number of carbonyl (C=O) groups is 1.